The standard InChI is InChI=1S/C21H21FN2O4/c1-3-11-21(15-7-5-4-6-8-15)19(26)24(20(27)23-21)13-17(25)14-9-10-18(28-2)16(22)12-14/h4-10,12H,3,11,13H2,1-2H3,(H,23,27)/t21-/m0/s1. The maximum absolute atomic E-state index is 13.9. The fourth-order valence-electron chi connectivity index (χ4n) is 3.45. The molecule has 6 nitrogen and oxygen atoms in total. The van der Waals surface area contributed by atoms with Gasteiger partial charge in [-0.3, -0.25) is 14.5 Å². The van der Waals surface area contributed by atoms with Gasteiger partial charge in [-0.2, -0.15) is 0 Å². The summed E-state index contributed by atoms with van der Waals surface area (Å²) in [6.07, 6.45) is 1.07. The average molecular weight is 384 g/mol. The molecule has 7 heteroatoms. The Labute approximate surface area is 162 Å². The van der Waals surface area contributed by atoms with Crippen LogP contribution in [0.25, 0.3) is 0 Å². The Morgan fingerprint density at radius 1 is 1.18 bits per heavy atom. The summed E-state index contributed by atoms with van der Waals surface area (Å²) >= 11 is 0. The molecule has 0 bridgehead atoms. The first-order valence-electron chi connectivity index (χ1n) is 8.99. The fourth-order valence-corrected chi connectivity index (χ4v) is 3.45. The van der Waals surface area contributed by atoms with Crippen LogP contribution in [0.2, 0.25) is 0 Å². The zero-order valence-corrected chi connectivity index (χ0v) is 15.7. The summed E-state index contributed by atoms with van der Waals surface area (Å²) in [5.74, 6) is -1.69. The number of ketones is 1. The predicted molar refractivity (Wildman–Crippen MR) is 101 cm³/mol. The van der Waals surface area contributed by atoms with Crippen molar-refractivity contribution in [3.8, 4) is 5.75 Å². The summed E-state index contributed by atoms with van der Waals surface area (Å²) in [6.45, 7) is 1.45. The number of nitrogens with one attached hydrogen (secondary N) is 1. The second-order valence-corrected chi connectivity index (χ2v) is 6.62. The highest BCUT2D eigenvalue weighted by molar-refractivity contribution is 6.11. The van der Waals surface area contributed by atoms with Gasteiger partial charge >= 0.3 is 6.03 Å². The lowest BCUT2D eigenvalue weighted by Gasteiger charge is -2.26. The number of carbonyl (C=O) groups excluding carboxylic acids is 3. The summed E-state index contributed by atoms with van der Waals surface area (Å²) in [6, 6.07) is 12.1. The molecule has 2 aromatic rings. The van der Waals surface area contributed by atoms with Crippen molar-refractivity contribution >= 4 is 17.7 Å². The van der Waals surface area contributed by atoms with Crippen LogP contribution in [0.4, 0.5) is 9.18 Å². The maximum Gasteiger partial charge on any atom is 0.325 e. The molecule has 1 aliphatic rings. The second kappa shape index (κ2) is 7.80. The molecule has 0 radical (unpaired) electrons. The lowest BCUT2D eigenvalue weighted by atomic mass is 9.85. The van der Waals surface area contributed by atoms with Crippen molar-refractivity contribution in [1.82, 2.24) is 10.2 Å². The summed E-state index contributed by atoms with van der Waals surface area (Å²) in [7, 11) is 1.32. The van der Waals surface area contributed by atoms with E-state index in [9.17, 15) is 18.8 Å². The minimum atomic E-state index is -1.20. The van der Waals surface area contributed by atoms with Crippen LogP contribution in [-0.4, -0.2) is 36.3 Å². The van der Waals surface area contributed by atoms with E-state index >= 15 is 0 Å². The normalized spacial score (nSPS) is 18.9. The minimum absolute atomic E-state index is 0.0117. The predicted octanol–water partition coefficient (Wildman–Crippen LogP) is 3.26. The Bertz CT molecular complexity index is 916. The molecule has 1 atom stereocenters. The monoisotopic (exact) mass is 384 g/mol. The number of amides is 3. The van der Waals surface area contributed by atoms with Crippen molar-refractivity contribution in [2.24, 2.45) is 0 Å². The van der Waals surface area contributed by atoms with Crippen molar-refractivity contribution < 1.29 is 23.5 Å². The molecule has 2 aromatic carbocycles. The topological polar surface area (TPSA) is 75.7 Å². The quantitative estimate of drug-likeness (QED) is 0.587. The lowest BCUT2D eigenvalue weighted by Crippen LogP contribution is -2.44. The van der Waals surface area contributed by atoms with Crippen LogP contribution in [0.5, 0.6) is 5.75 Å². The molecule has 0 aromatic heterocycles. The van der Waals surface area contributed by atoms with E-state index in [1.807, 2.05) is 13.0 Å². The van der Waals surface area contributed by atoms with Crippen LogP contribution < -0.4 is 10.1 Å². The highest BCUT2D eigenvalue weighted by Gasteiger charge is 2.52. The first-order chi connectivity index (χ1) is 13.4. The number of methoxy groups -OCH3 is 1. The molecular weight excluding hydrogens is 363 g/mol. The second-order valence-electron chi connectivity index (χ2n) is 6.62. The van der Waals surface area contributed by atoms with Crippen LogP contribution in [-0.2, 0) is 10.3 Å². The summed E-state index contributed by atoms with van der Waals surface area (Å²) in [5, 5.41) is 2.76. The van der Waals surface area contributed by atoms with Gasteiger partial charge in [0.05, 0.1) is 13.7 Å². The largest absolute Gasteiger partial charge is 0.494 e. The van der Waals surface area contributed by atoms with Crippen LogP contribution in [0, 0.1) is 5.82 Å². The van der Waals surface area contributed by atoms with Crippen molar-refractivity contribution in [2.45, 2.75) is 25.3 Å². The molecule has 146 valence electrons. The fraction of sp³-hybridized carbons (Fsp3) is 0.286. The third kappa shape index (κ3) is 3.35. The first kappa shape index (κ1) is 19.5. The molecule has 0 unspecified atom stereocenters. The molecule has 1 fully saturated rings. The van der Waals surface area contributed by atoms with Crippen molar-refractivity contribution in [3.63, 3.8) is 0 Å². The van der Waals surface area contributed by atoms with Crippen molar-refractivity contribution in [3.05, 3.63) is 65.5 Å². The molecule has 3 amide bonds. The van der Waals surface area contributed by atoms with Gasteiger partial charge in [-0.1, -0.05) is 43.7 Å². The van der Waals surface area contributed by atoms with Gasteiger partial charge in [0.1, 0.15) is 5.54 Å². The van der Waals surface area contributed by atoms with E-state index in [-0.39, 0.29) is 11.3 Å². The van der Waals surface area contributed by atoms with Gasteiger partial charge in [0.15, 0.2) is 17.3 Å². The molecular formula is C21H21FN2O4. The number of halogens is 1. The van der Waals surface area contributed by atoms with Gasteiger partial charge in [-0.05, 0) is 30.2 Å². The summed E-state index contributed by atoms with van der Waals surface area (Å²) in [5.41, 5.74) is -0.467. The number of Topliss-reactive ketones (excluding diaryl/α,β-unsaturated/α-hetero) is 1. The Kier molecular flexibility index (Phi) is 5.44. The third-order valence-corrected chi connectivity index (χ3v) is 4.84. The number of urea groups is 1. The molecule has 1 N–H and O–H groups in total. The number of ether oxygens (including phenoxy) is 1. The molecule has 0 spiro atoms. The van der Waals surface area contributed by atoms with E-state index in [0.29, 0.717) is 18.4 Å². The Morgan fingerprint density at radius 2 is 1.89 bits per heavy atom. The highest BCUT2D eigenvalue weighted by Crippen LogP contribution is 2.33. The molecule has 0 saturated carbocycles. The summed E-state index contributed by atoms with van der Waals surface area (Å²) in [4.78, 5) is 39.2. The Hall–Kier alpha value is -3.22. The number of rotatable bonds is 7. The van der Waals surface area contributed by atoms with Crippen LogP contribution in [0.3, 0.4) is 0 Å². The minimum Gasteiger partial charge on any atom is -0.494 e. The number of carbonyl (C=O) groups is 3. The summed E-state index contributed by atoms with van der Waals surface area (Å²) < 4.78 is 18.7. The van der Waals surface area contributed by atoms with Gasteiger partial charge in [0.25, 0.3) is 5.91 Å². The van der Waals surface area contributed by atoms with E-state index in [2.05, 4.69) is 5.32 Å². The zero-order valence-electron chi connectivity index (χ0n) is 15.7. The van der Waals surface area contributed by atoms with Crippen molar-refractivity contribution in [2.75, 3.05) is 13.7 Å². The van der Waals surface area contributed by atoms with E-state index in [0.717, 1.165) is 11.0 Å². The van der Waals surface area contributed by atoms with E-state index in [1.165, 1.54) is 19.2 Å². The van der Waals surface area contributed by atoms with Crippen molar-refractivity contribution in [1.29, 1.82) is 0 Å². The van der Waals surface area contributed by atoms with Gasteiger partial charge in [-0.25, -0.2) is 9.18 Å². The number of nitrogens with zero attached hydrogens (tertiary/aromatic N) is 1. The maximum atomic E-state index is 13.9. The van der Waals surface area contributed by atoms with Crippen LogP contribution in [0.15, 0.2) is 48.5 Å². The highest BCUT2D eigenvalue weighted by atomic mass is 19.1. The number of hydrogen-bond donors (Lipinski definition) is 1. The molecule has 3 rings (SSSR count). The lowest BCUT2D eigenvalue weighted by molar-refractivity contribution is -0.131. The van der Waals surface area contributed by atoms with E-state index in [4.69, 9.17) is 4.74 Å². The molecule has 0 aliphatic carbocycles. The van der Waals surface area contributed by atoms with E-state index in [1.54, 1.807) is 24.3 Å². The van der Waals surface area contributed by atoms with E-state index < -0.39 is 35.6 Å². The van der Waals surface area contributed by atoms with Gasteiger partial charge in [-0.15, -0.1) is 0 Å². The Morgan fingerprint density at radius 3 is 2.50 bits per heavy atom. The van der Waals surface area contributed by atoms with Crippen LogP contribution in [0.1, 0.15) is 35.7 Å². The van der Waals surface area contributed by atoms with Gasteiger partial charge in [0.2, 0.25) is 0 Å². The number of hydrogen-bond acceptors (Lipinski definition) is 4. The third-order valence-electron chi connectivity index (χ3n) is 4.84. The smallest absolute Gasteiger partial charge is 0.325 e. The number of benzene rings is 2. The van der Waals surface area contributed by atoms with Crippen LogP contribution >= 0.6 is 0 Å². The van der Waals surface area contributed by atoms with Gasteiger partial charge < -0.3 is 10.1 Å². The SMILES string of the molecule is CCC[C@@]1(c2ccccc2)NC(=O)N(CC(=O)c2ccc(OC)c(F)c2)C1=O. The molecule has 1 saturated heterocycles. The number of imide groups is 1. The first-order valence-corrected chi connectivity index (χ1v) is 8.99. The zero-order chi connectivity index (χ0) is 20.3. The average Bonchev–Trinajstić information content (AvgIpc) is 2.94. The molecule has 1 aliphatic heterocycles. The van der Waals surface area contributed by atoms with Gasteiger partial charge in [0, 0.05) is 5.56 Å². The molecule has 28 heavy (non-hydrogen) atoms. The Balaban J connectivity index is 1.87. The molecule has 1 heterocycles.